The number of para-hydroxylation sites is 1. The van der Waals surface area contributed by atoms with E-state index in [-0.39, 0.29) is 5.69 Å². The van der Waals surface area contributed by atoms with Crippen molar-refractivity contribution in [1.82, 2.24) is 14.8 Å². The topological polar surface area (TPSA) is 95.3 Å². The van der Waals surface area contributed by atoms with E-state index in [9.17, 15) is 9.59 Å². The molecule has 0 bridgehead atoms. The molecule has 1 amide bonds. The normalized spacial score (nSPS) is 10.6. The van der Waals surface area contributed by atoms with E-state index < -0.39 is 18.5 Å². The summed E-state index contributed by atoms with van der Waals surface area (Å²) in [6.07, 6.45) is 3.46. The molecule has 10 heteroatoms. The van der Waals surface area contributed by atoms with Crippen molar-refractivity contribution in [3.8, 4) is 22.1 Å². The number of nitrogens with zero attached hydrogens (tertiary/aromatic N) is 3. The molecule has 2 heterocycles. The summed E-state index contributed by atoms with van der Waals surface area (Å²) in [6, 6.07) is 13.9. The van der Waals surface area contributed by atoms with Crippen LogP contribution in [0.25, 0.3) is 10.6 Å². The molecule has 0 spiro atoms. The molecule has 0 saturated carbocycles. The van der Waals surface area contributed by atoms with Crippen LogP contribution < -0.4 is 10.1 Å². The minimum absolute atomic E-state index is 0.141. The lowest BCUT2D eigenvalue weighted by Gasteiger charge is -2.09. The molecule has 0 saturated heterocycles. The molecule has 0 fully saturated rings. The van der Waals surface area contributed by atoms with Crippen LogP contribution in [0.1, 0.15) is 10.5 Å². The Balaban J connectivity index is 1.28. The van der Waals surface area contributed by atoms with Gasteiger partial charge < -0.3 is 14.8 Å². The van der Waals surface area contributed by atoms with Gasteiger partial charge in [-0.25, -0.2) is 9.78 Å². The van der Waals surface area contributed by atoms with Gasteiger partial charge in [-0.05, 0) is 36.4 Å². The van der Waals surface area contributed by atoms with Crippen molar-refractivity contribution in [2.24, 2.45) is 7.05 Å². The van der Waals surface area contributed by atoms with Gasteiger partial charge >= 0.3 is 5.97 Å². The van der Waals surface area contributed by atoms with E-state index >= 15 is 0 Å². The maximum Gasteiger partial charge on any atom is 0.358 e. The number of carbonyl (C=O) groups excluding carboxylic acids is 2. The molecule has 0 aliphatic heterocycles. The Hall–Kier alpha value is -3.69. The number of hydrogen-bond acceptors (Lipinski definition) is 7. The minimum atomic E-state index is -0.671. The van der Waals surface area contributed by atoms with Crippen molar-refractivity contribution in [3.05, 3.63) is 77.0 Å². The van der Waals surface area contributed by atoms with Crippen molar-refractivity contribution in [2.45, 2.75) is 0 Å². The lowest BCUT2D eigenvalue weighted by molar-refractivity contribution is -0.119. The van der Waals surface area contributed by atoms with Crippen molar-refractivity contribution in [3.63, 3.8) is 0 Å². The summed E-state index contributed by atoms with van der Waals surface area (Å²) in [5, 5.41) is 9.47. The van der Waals surface area contributed by atoms with E-state index in [1.807, 2.05) is 12.1 Å². The molecular weight excluding hydrogens is 452 g/mol. The van der Waals surface area contributed by atoms with Crippen LogP contribution in [0.5, 0.6) is 11.5 Å². The van der Waals surface area contributed by atoms with Crippen LogP contribution in [-0.4, -0.2) is 33.2 Å². The second-order valence-electron chi connectivity index (χ2n) is 6.62. The summed E-state index contributed by atoms with van der Waals surface area (Å²) in [4.78, 5) is 28.6. The molecule has 1 N–H and O–H groups in total. The highest BCUT2D eigenvalue weighted by Gasteiger charge is 2.16. The van der Waals surface area contributed by atoms with Gasteiger partial charge in [0.05, 0.1) is 11.2 Å². The average Bonchev–Trinajstić information content (AvgIpc) is 3.44. The molecule has 4 rings (SSSR count). The number of anilines is 1. The number of halogens is 1. The molecule has 4 aromatic rings. The van der Waals surface area contributed by atoms with Crippen molar-refractivity contribution < 1.29 is 19.1 Å². The summed E-state index contributed by atoms with van der Waals surface area (Å²) in [5.41, 5.74) is 1.48. The molecule has 0 aliphatic carbocycles. The summed E-state index contributed by atoms with van der Waals surface area (Å²) in [6.45, 7) is -0.434. The van der Waals surface area contributed by atoms with Crippen LogP contribution in [0.4, 0.5) is 5.69 Å². The number of hydrogen-bond donors (Lipinski definition) is 1. The average molecular weight is 469 g/mol. The van der Waals surface area contributed by atoms with E-state index in [4.69, 9.17) is 21.1 Å². The van der Waals surface area contributed by atoms with Gasteiger partial charge in [-0.2, -0.15) is 5.10 Å². The first kappa shape index (κ1) is 21.5. The number of aromatic nitrogens is 3. The van der Waals surface area contributed by atoms with Gasteiger partial charge in [0.1, 0.15) is 16.5 Å². The summed E-state index contributed by atoms with van der Waals surface area (Å²) in [5.74, 6) is -0.0436. The third-order valence-corrected chi connectivity index (χ3v) is 5.41. The van der Waals surface area contributed by atoms with Gasteiger partial charge in [-0.3, -0.25) is 9.48 Å². The fourth-order valence-corrected chi connectivity index (χ4v) is 3.63. The Morgan fingerprint density at radius 3 is 2.66 bits per heavy atom. The largest absolute Gasteiger partial charge is 0.456 e. The Morgan fingerprint density at radius 2 is 1.94 bits per heavy atom. The van der Waals surface area contributed by atoms with Crippen LogP contribution in [0.3, 0.4) is 0 Å². The molecule has 2 aromatic carbocycles. The number of esters is 1. The first-order valence-corrected chi connectivity index (χ1v) is 10.7. The number of rotatable bonds is 7. The highest BCUT2D eigenvalue weighted by atomic mass is 35.5. The number of ether oxygens (including phenoxy) is 2. The SMILES string of the molecule is Cn1cc(-c2nc(C(=O)OCC(=O)Nc3ccc(Oc4ccccc4Cl)cc3)cs2)cn1. The highest BCUT2D eigenvalue weighted by Crippen LogP contribution is 2.29. The third kappa shape index (κ3) is 5.32. The first-order valence-electron chi connectivity index (χ1n) is 9.42. The maximum atomic E-state index is 12.2. The number of amides is 1. The van der Waals surface area contributed by atoms with Crippen molar-refractivity contribution in [2.75, 3.05) is 11.9 Å². The zero-order chi connectivity index (χ0) is 22.5. The number of benzene rings is 2. The van der Waals surface area contributed by atoms with Crippen LogP contribution in [-0.2, 0) is 16.6 Å². The molecule has 2 aromatic heterocycles. The number of thiazole rings is 1. The van der Waals surface area contributed by atoms with Gasteiger partial charge in [0, 0.05) is 29.9 Å². The third-order valence-electron chi connectivity index (χ3n) is 4.20. The van der Waals surface area contributed by atoms with E-state index in [1.54, 1.807) is 65.9 Å². The summed E-state index contributed by atoms with van der Waals surface area (Å²) >= 11 is 7.38. The molecule has 8 nitrogen and oxygen atoms in total. The predicted molar refractivity (Wildman–Crippen MR) is 121 cm³/mol. The zero-order valence-corrected chi connectivity index (χ0v) is 18.4. The Bertz CT molecular complexity index is 1250. The molecular formula is C22H17ClN4O4S. The first-order chi connectivity index (χ1) is 15.5. The number of nitrogens with one attached hydrogen (secondary N) is 1. The second-order valence-corrected chi connectivity index (χ2v) is 7.89. The Kier molecular flexibility index (Phi) is 6.48. The molecule has 0 unspecified atom stereocenters. The lowest BCUT2D eigenvalue weighted by atomic mass is 10.3. The summed E-state index contributed by atoms with van der Waals surface area (Å²) < 4.78 is 12.4. The van der Waals surface area contributed by atoms with E-state index in [0.29, 0.717) is 27.2 Å². The lowest BCUT2D eigenvalue weighted by Crippen LogP contribution is -2.21. The molecule has 0 radical (unpaired) electrons. The van der Waals surface area contributed by atoms with Crippen molar-refractivity contribution in [1.29, 1.82) is 0 Å². The van der Waals surface area contributed by atoms with E-state index in [1.165, 1.54) is 11.3 Å². The minimum Gasteiger partial charge on any atom is -0.456 e. The summed E-state index contributed by atoms with van der Waals surface area (Å²) in [7, 11) is 1.80. The van der Waals surface area contributed by atoms with Crippen LogP contribution in [0.15, 0.2) is 66.3 Å². The van der Waals surface area contributed by atoms with Crippen LogP contribution in [0, 0.1) is 0 Å². The highest BCUT2D eigenvalue weighted by molar-refractivity contribution is 7.13. The van der Waals surface area contributed by atoms with Crippen LogP contribution in [0.2, 0.25) is 5.02 Å². The Labute approximate surface area is 192 Å². The molecule has 162 valence electrons. The maximum absolute atomic E-state index is 12.2. The fourth-order valence-electron chi connectivity index (χ4n) is 2.69. The van der Waals surface area contributed by atoms with Gasteiger partial charge in [0.25, 0.3) is 5.91 Å². The van der Waals surface area contributed by atoms with Gasteiger partial charge in [-0.1, -0.05) is 23.7 Å². The predicted octanol–water partition coefficient (Wildman–Crippen LogP) is 4.78. The monoisotopic (exact) mass is 468 g/mol. The molecule has 32 heavy (non-hydrogen) atoms. The van der Waals surface area contributed by atoms with Crippen molar-refractivity contribution >= 4 is 40.5 Å². The van der Waals surface area contributed by atoms with Gasteiger partial charge in [-0.15, -0.1) is 11.3 Å². The zero-order valence-electron chi connectivity index (χ0n) is 16.8. The molecule has 0 atom stereocenters. The number of aryl methyl sites for hydroxylation is 1. The smallest absolute Gasteiger partial charge is 0.358 e. The van der Waals surface area contributed by atoms with Gasteiger partial charge in [0.15, 0.2) is 12.3 Å². The Morgan fingerprint density at radius 1 is 1.16 bits per heavy atom. The standard InChI is InChI=1S/C22H17ClN4O4S/c1-27-11-14(10-24-27)21-26-18(13-32-21)22(29)30-12-20(28)25-15-6-8-16(9-7-15)31-19-5-3-2-4-17(19)23/h2-11,13H,12H2,1H3,(H,25,28). The van der Waals surface area contributed by atoms with Gasteiger partial charge in [0.2, 0.25) is 0 Å². The molecule has 0 aliphatic rings. The van der Waals surface area contributed by atoms with Crippen LogP contribution >= 0.6 is 22.9 Å². The number of carbonyl (C=O) groups is 2. The van der Waals surface area contributed by atoms with E-state index in [2.05, 4.69) is 15.4 Å². The fraction of sp³-hybridized carbons (Fsp3) is 0.0909. The second kappa shape index (κ2) is 9.63. The quantitative estimate of drug-likeness (QED) is 0.392. The van der Waals surface area contributed by atoms with E-state index in [0.717, 1.165) is 5.56 Å².